The Morgan fingerprint density at radius 1 is 0.509 bits per heavy atom. The van der Waals surface area contributed by atoms with E-state index in [0.717, 1.165) is 49.9 Å². The maximum atomic E-state index is 6.57. The topological polar surface area (TPSA) is 54.5 Å². The van der Waals surface area contributed by atoms with Crippen LogP contribution < -0.4 is 10.6 Å². The second-order valence-corrected chi connectivity index (χ2v) is 15.1. The molecule has 2 aromatic heterocycles. The molecule has 3 heterocycles. The lowest BCUT2D eigenvalue weighted by Crippen LogP contribution is -2.46. The summed E-state index contributed by atoms with van der Waals surface area (Å²) in [4.78, 5) is 5.55. The van der Waals surface area contributed by atoms with Gasteiger partial charge in [0.15, 0.2) is 6.29 Å². The number of aromatic nitrogens is 1. The smallest absolute Gasteiger partial charge is 0.184 e. The Morgan fingerprint density at radius 3 is 1.93 bits per heavy atom. The zero-order valence-electron chi connectivity index (χ0n) is 30.9. The molecule has 0 bridgehead atoms. The van der Waals surface area contributed by atoms with Gasteiger partial charge in [0.25, 0.3) is 0 Å². The highest BCUT2D eigenvalue weighted by molar-refractivity contribution is 6.18. The molecule has 2 unspecified atom stereocenters. The third kappa shape index (κ3) is 4.58. The summed E-state index contributed by atoms with van der Waals surface area (Å²) >= 11 is 0. The third-order valence-electron chi connectivity index (χ3n) is 12.2. The van der Waals surface area contributed by atoms with Gasteiger partial charge in [0.05, 0.1) is 22.0 Å². The molecule has 12 rings (SSSR count). The minimum absolute atomic E-state index is 0.224. The minimum Gasteiger partial charge on any atom is -0.455 e. The van der Waals surface area contributed by atoms with Crippen LogP contribution >= 0.6 is 0 Å². The number of fused-ring (bicyclic) bond motifs is 10. The Kier molecular flexibility index (Phi) is 6.98. The van der Waals surface area contributed by atoms with Gasteiger partial charge in [0.2, 0.25) is 0 Å². The van der Waals surface area contributed by atoms with Gasteiger partial charge in [-0.1, -0.05) is 170 Å². The number of nitrogens with one attached hydrogen (secondary N) is 2. The summed E-state index contributed by atoms with van der Waals surface area (Å²) in [5.74, 6) is 0.780. The summed E-state index contributed by atoms with van der Waals surface area (Å²) in [6.07, 6.45) is -0.672. The molecule has 5 nitrogen and oxygen atoms in total. The minimum atomic E-state index is -0.492. The normalized spacial score (nSPS) is 17.1. The van der Waals surface area contributed by atoms with Crippen molar-refractivity contribution in [2.75, 3.05) is 0 Å². The quantitative estimate of drug-likeness (QED) is 0.185. The first-order chi connectivity index (χ1) is 28.3. The number of aliphatic imine (C=N–C) groups is 1. The van der Waals surface area contributed by atoms with Crippen molar-refractivity contribution in [1.82, 2.24) is 15.2 Å². The summed E-state index contributed by atoms with van der Waals surface area (Å²) in [7, 11) is 0. The van der Waals surface area contributed by atoms with Crippen LogP contribution in [0.25, 0.3) is 54.9 Å². The molecule has 0 spiro atoms. The van der Waals surface area contributed by atoms with Gasteiger partial charge in [-0.25, -0.2) is 4.99 Å². The van der Waals surface area contributed by atoms with Gasteiger partial charge in [0.1, 0.15) is 23.2 Å². The number of amidine groups is 1. The lowest BCUT2D eigenvalue weighted by Gasteiger charge is -2.34. The maximum Gasteiger partial charge on any atom is 0.184 e. The molecule has 0 saturated heterocycles. The number of hydrogen-bond donors (Lipinski definition) is 2. The highest BCUT2D eigenvalue weighted by Crippen LogP contribution is 2.58. The fourth-order valence-electron chi connectivity index (χ4n) is 9.85. The van der Waals surface area contributed by atoms with E-state index in [1.165, 1.54) is 44.2 Å². The maximum absolute atomic E-state index is 6.57. The van der Waals surface area contributed by atoms with Crippen molar-refractivity contribution >= 4 is 49.6 Å². The highest BCUT2D eigenvalue weighted by Gasteiger charge is 2.47. The van der Waals surface area contributed by atoms with E-state index >= 15 is 0 Å². The average Bonchev–Trinajstić information content (AvgIpc) is 3.94. The Balaban J connectivity index is 1.14. The van der Waals surface area contributed by atoms with E-state index in [9.17, 15) is 0 Å². The van der Waals surface area contributed by atoms with E-state index in [4.69, 9.17) is 9.41 Å². The molecule has 270 valence electrons. The zero-order valence-corrected chi connectivity index (χ0v) is 30.9. The van der Waals surface area contributed by atoms with Gasteiger partial charge in [-0.15, -0.1) is 0 Å². The van der Waals surface area contributed by atoms with Gasteiger partial charge in [-0.2, -0.15) is 0 Å². The molecule has 8 aromatic carbocycles. The van der Waals surface area contributed by atoms with Gasteiger partial charge in [-0.3, -0.25) is 5.32 Å². The number of benzene rings is 8. The van der Waals surface area contributed by atoms with Crippen molar-refractivity contribution in [3.63, 3.8) is 0 Å². The molecule has 0 fully saturated rings. The first kappa shape index (κ1) is 32.1. The Morgan fingerprint density at radius 2 is 1.14 bits per heavy atom. The van der Waals surface area contributed by atoms with Crippen LogP contribution in [0, 0.1) is 0 Å². The first-order valence-corrected chi connectivity index (χ1v) is 19.6. The lowest BCUT2D eigenvalue weighted by atomic mass is 9.67. The van der Waals surface area contributed by atoms with Crippen molar-refractivity contribution in [1.29, 1.82) is 0 Å². The summed E-state index contributed by atoms with van der Waals surface area (Å²) in [5.41, 5.74) is 13.1. The second-order valence-electron chi connectivity index (χ2n) is 15.1. The number of hydrogen-bond acceptors (Lipinski definition) is 4. The molecule has 10 aromatic rings. The largest absolute Gasteiger partial charge is 0.455 e. The van der Waals surface area contributed by atoms with Gasteiger partial charge < -0.3 is 14.3 Å². The van der Waals surface area contributed by atoms with E-state index in [-0.39, 0.29) is 6.17 Å². The molecule has 5 heteroatoms. The number of nitrogens with zero attached hydrogens (tertiary/aromatic N) is 2. The standard InChI is InChI=1S/C52H36N4O/c1-4-17-33(18-5-1)49-53-50(40-27-16-26-37-36-23-12-15-30-45(36)57-48(37)40)55-51(54-49)56-43-29-14-11-25-39(43)47-44(56)32-31-42-46(47)38-24-10-13-28-41(38)52(42,34-19-6-2-7-20-34)35-21-8-3-9-22-35/h1-32,49,51,54H,(H,53,55). The molecule has 2 aliphatic rings. The van der Waals surface area contributed by atoms with Crippen LogP contribution in [0.4, 0.5) is 0 Å². The van der Waals surface area contributed by atoms with Gasteiger partial charge in [0, 0.05) is 21.5 Å². The van der Waals surface area contributed by atoms with E-state index in [2.05, 4.69) is 197 Å². The molecular formula is C52H36N4O. The van der Waals surface area contributed by atoms with E-state index < -0.39 is 11.7 Å². The van der Waals surface area contributed by atoms with Gasteiger partial charge >= 0.3 is 0 Å². The molecular weight excluding hydrogens is 697 g/mol. The fraction of sp³-hybridized carbons (Fsp3) is 0.0577. The lowest BCUT2D eigenvalue weighted by molar-refractivity contribution is 0.341. The van der Waals surface area contributed by atoms with E-state index in [0.29, 0.717) is 0 Å². The number of rotatable bonds is 5. The number of furan rings is 1. The van der Waals surface area contributed by atoms with Crippen molar-refractivity contribution in [3.8, 4) is 11.1 Å². The van der Waals surface area contributed by atoms with Crippen molar-refractivity contribution in [2.45, 2.75) is 17.9 Å². The molecule has 57 heavy (non-hydrogen) atoms. The SMILES string of the molecule is c1ccc(C2NC(c3cccc4c3oc3ccccc34)=NC(n3c4ccccc4c4c5c(ccc43)C(c3ccccc3)(c3ccccc3)c3ccccc3-5)N2)cc1. The second kappa shape index (κ2) is 12.4. The van der Waals surface area contributed by atoms with Crippen LogP contribution in [0.5, 0.6) is 0 Å². The summed E-state index contributed by atoms with van der Waals surface area (Å²) in [6, 6.07) is 69.7. The zero-order chi connectivity index (χ0) is 37.5. The van der Waals surface area contributed by atoms with Crippen LogP contribution in [0.2, 0.25) is 0 Å². The number of para-hydroxylation sites is 3. The average molecular weight is 733 g/mol. The Bertz CT molecular complexity index is 3160. The van der Waals surface area contributed by atoms with Crippen molar-refractivity contribution < 1.29 is 4.42 Å². The predicted octanol–water partition coefficient (Wildman–Crippen LogP) is 11.9. The predicted molar refractivity (Wildman–Crippen MR) is 231 cm³/mol. The van der Waals surface area contributed by atoms with E-state index in [1.54, 1.807) is 0 Å². The van der Waals surface area contributed by atoms with Crippen LogP contribution in [-0.4, -0.2) is 10.4 Å². The summed E-state index contributed by atoms with van der Waals surface area (Å²) in [6.45, 7) is 0. The Labute approximate surface area is 329 Å². The molecule has 0 amide bonds. The molecule has 2 N–H and O–H groups in total. The van der Waals surface area contributed by atoms with E-state index in [1.807, 2.05) is 12.1 Å². The molecule has 0 radical (unpaired) electrons. The monoisotopic (exact) mass is 732 g/mol. The fourth-order valence-corrected chi connectivity index (χ4v) is 9.85. The van der Waals surface area contributed by atoms with Crippen molar-refractivity contribution in [3.05, 3.63) is 228 Å². The molecule has 1 aliphatic heterocycles. The summed E-state index contributed by atoms with van der Waals surface area (Å²) in [5, 5.41) is 12.3. The van der Waals surface area contributed by atoms with Crippen LogP contribution in [0.1, 0.15) is 45.8 Å². The van der Waals surface area contributed by atoms with Crippen LogP contribution in [-0.2, 0) is 5.41 Å². The van der Waals surface area contributed by atoms with Gasteiger partial charge in [-0.05, 0) is 63.2 Å². The van der Waals surface area contributed by atoms with Crippen LogP contribution in [0.3, 0.4) is 0 Å². The first-order valence-electron chi connectivity index (χ1n) is 19.6. The Hall–Kier alpha value is -7.21. The highest BCUT2D eigenvalue weighted by atomic mass is 16.3. The molecule has 0 saturated carbocycles. The van der Waals surface area contributed by atoms with Crippen LogP contribution in [0.15, 0.2) is 204 Å². The summed E-state index contributed by atoms with van der Waals surface area (Å²) < 4.78 is 8.97. The molecule has 2 atom stereocenters. The van der Waals surface area contributed by atoms with Crippen molar-refractivity contribution in [2.24, 2.45) is 4.99 Å². The third-order valence-corrected chi connectivity index (χ3v) is 12.2. The molecule has 1 aliphatic carbocycles.